The summed E-state index contributed by atoms with van der Waals surface area (Å²) in [6.45, 7) is 8.14. The number of amides is 1. The number of carbonyl (C=O) groups is 1. The minimum atomic E-state index is 0.130. The van der Waals surface area contributed by atoms with E-state index in [9.17, 15) is 4.79 Å². The van der Waals surface area contributed by atoms with Gasteiger partial charge in [0.15, 0.2) is 0 Å². The topological polar surface area (TPSA) is 37.6 Å². The molecule has 1 fully saturated rings. The molecule has 0 bridgehead atoms. The molecule has 2 aromatic rings. The van der Waals surface area contributed by atoms with Crippen molar-refractivity contribution in [3.05, 3.63) is 33.7 Å². The Morgan fingerprint density at radius 2 is 2.09 bits per heavy atom. The molecule has 1 saturated heterocycles. The van der Waals surface area contributed by atoms with E-state index in [1.807, 2.05) is 22.4 Å². The van der Waals surface area contributed by atoms with Crippen molar-refractivity contribution in [3.63, 3.8) is 0 Å². The molecule has 0 aromatic carbocycles. The van der Waals surface area contributed by atoms with Crippen LogP contribution in [0.4, 0.5) is 0 Å². The number of carbonyl (C=O) groups excluding carboxylic acids is 1. The summed E-state index contributed by atoms with van der Waals surface area (Å²) >= 11 is 3.55. The quantitative estimate of drug-likeness (QED) is 0.802. The van der Waals surface area contributed by atoms with Gasteiger partial charge in [-0.1, -0.05) is 20.3 Å². The second-order valence-electron chi connectivity index (χ2n) is 6.67. The van der Waals surface area contributed by atoms with Crippen LogP contribution in [-0.2, 0) is 6.42 Å². The number of aromatic nitrogens is 2. The van der Waals surface area contributed by atoms with Crippen LogP contribution in [0.2, 0.25) is 0 Å². The maximum atomic E-state index is 13.1. The summed E-state index contributed by atoms with van der Waals surface area (Å²) < 4.78 is 2.95. The normalized spacial score (nSPS) is 16.3. The minimum absolute atomic E-state index is 0.130. The van der Waals surface area contributed by atoms with E-state index in [1.54, 1.807) is 0 Å². The van der Waals surface area contributed by atoms with Crippen molar-refractivity contribution in [1.29, 1.82) is 0 Å². The van der Waals surface area contributed by atoms with Crippen LogP contribution < -0.4 is 0 Å². The van der Waals surface area contributed by atoms with Crippen LogP contribution >= 0.6 is 15.9 Å². The van der Waals surface area contributed by atoms with Crippen LogP contribution in [0.3, 0.4) is 0 Å². The summed E-state index contributed by atoms with van der Waals surface area (Å²) in [5.41, 5.74) is 3.66. The molecule has 23 heavy (non-hydrogen) atoms. The molecule has 0 aliphatic carbocycles. The van der Waals surface area contributed by atoms with Crippen LogP contribution in [0, 0.1) is 12.8 Å². The van der Waals surface area contributed by atoms with Gasteiger partial charge in [-0.3, -0.25) is 9.20 Å². The molecule has 4 nitrogen and oxygen atoms in total. The van der Waals surface area contributed by atoms with E-state index in [0.29, 0.717) is 5.92 Å². The fraction of sp³-hybridized carbons (Fsp3) is 0.556. The van der Waals surface area contributed by atoms with E-state index < -0.39 is 0 Å². The van der Waals surface area contributed by atoms with E-state index in [1.165, 1.54) is 0 Å². The van der Waals surface area contributed by atoms with E-state index in [0.717, 1.165) is 65.8 Å². The van der Waals surface area contributed by atoms with Crippen LogP contribution in [0.25, 0.3) is 5.65 Å². The Balaban J connectivity index is 2.07. The van der Waals surface area contributed by atoms with Crippen molar-refractivity contribution in [1.82, 2.24) is 14.3 Å². The first kappa shape index (κ1) is 16.5. The van der Waals surface area contributed by atoms with Crippen molar-refractivity contribution in [3.8, 4) is 0 Å². The van der Waals surface area contributed by atoms with Gasteiger partial charge in [-0.05, 0) is 59.7 Å². The molecule has 2 aromatic heterocycles. The minimum Gasteiger partial charge on any atom is -0.337 e. The second kappa shape index (κ2) is 6.63. The van der Waals surface area contributed by atoms with Crippen molar-refractivity contribution < 1.29 is 4.79 Å². The van der Waals surface area contributed by atoms with Gasteiger partial charge >= 0.3 is 0 Å². The number of hydrogen-bond acceptors (Lipinski definition) is 2. The second-order valence-corrected chi connectivity index (χ2v) is 7.58. The summed E-state index contributed by atoms with van der Waals surface area (Å²) in [6.07, 6.45) is 5.97. The van der Waals surface area contributed by atoms with Gasteiger partial charge in [-0.15, -0.1) is 0 Å². The summed E-state index contributed by atoms with van der Waals surface area (Å²) in [6, 6.07) is 2.05. The smallest absolute Gasteiger partial charge is 0.272 e. The van der Waals surface area contributed by atoms with Gasteiger partial charge in [0.2, 0.25) is 0 Å². The summed E-state index contributed by atoms with van der Waals surface area (Å²) in [5.74, 6) is 0.845. The number of hydrogen-bond donors (Lipinski definition) is 0. The largest absolute Gasteiger partial charge is 0.337 e. The first-order valence-corrected chi connectivity index (χ1v) is 9.27. The molecular weight excluding hydrogens is 354 g/mol. The average molecular weight is 378 g/mol. The Morgan fingerprint density at radius 3 is 2.74 bits per heavy atom. The van der Waals surface area contributed by atoms with Crippen molar-refractivity contribution in [2.45, 2.75) is 46.5 Å². The number of halogens is 1. The molecule has 1 aliphatic rings. The number of rotatable bonds is 3. The lowest BCUT2D eigenvalue weighted by Gasteiger charge is -2.30. The van der Waals surface area contributed by atoms with Gasteiger partial charge in [0.1, 0.15) is 11.3 Å². The maximum absolute atomic E-state index is 13.1. The number of imidazole rings is 1. The lowest BCUT2D eigenvalue weighted by Crippen LogP contribution is -2.38. The Morgan fingerprint density at radius 1 is 1.39 bits per heavy atom. The molecular formula is C18H24BrN3O. The molecule has 3 heterocycles. The lowest BCUT2D eigenvalue weighted by molar-refractivity contribution is 0.0689. The number of pyridine rings is 1. The third-order valence-electron chi connectivity index (χ3n) is 4.70. The zero-order chi connectivity index (χ0) is 16.6. The highest BCUT2D eigenvalue weighted by Crippen LogP contribution is 2.24. The molecule has 1 amide bonds. The molecule has 0 radical (unpaired) electrons. The summed E-state index contributed by atoms with van der Waals surface area (Å²) in [5, 5.41) is 0. The number of piperidine rings is 1. The number of nitrogens with zero attached hydrogens (tertiary/aromatic N) is 3. The van der Waals surface area contributed by atoms with Gasteiger partial charge < -0.3 is 4.90 Å². The molecule has 1 aliphatic heterocycles. The molecule has 0 spiro atoms. The zero-order valence-corrected chi connectivity index (χ0v) is 15.7. The summed E-state index contributed by atoms with van der Waals surface area (Å²) in [7, 11) is 0. The van der Waals surface area contributed by atoms with Crippen LogP contribution in [0.15, 0.2) is 16.7 Å². The monoisotopic (exact) mass is 377 g/mol. The molecule has 3 rings (SSSR count). The molecule has 0 atom stereocenters. The highest BCUT2D eigenvalue weighted by atomic mass is 79.9. The van der Waals surface area contributed by atoms with E-state index >= 15 is 0 Å². The van der Waals surface area contributed by atoms with Gasteiger partial charge in [-0.2, -0.15) is 0 Å². The SMILES string of the molecule is CCCc1nc2c(C)cc(Br)cn2c1C(=O)N1CCC(C)CC1. The molecule has 0 saturated carbocycles. The number of aryl methyl sites for hydroxylation is 2. The highest BCUT2D eigenvalue weighted by molar-refractivity contribution is 9.10. The van der Waals surface area contributed by atoms with Crippen molar-refractivity contribution >= 4 is 27.5 Å². The van der Waals surface area contributed by atoms with Gasteiger partial charge in [0, 0.05) is 23.8 Å². The number of fused-ring (bicyclic) bond motifs is 1. The fourth-order valence-electron chi connectivity index (χ4n) is 3.31. The maximum Gasteiger partial charge on any atom is 0.272 e. The fourth-order valence-corrected chi connectivity index (χ4v) is 3.86. The summed E-state index contributed by atoms with van der Waals surface area (Å²) in [4.78, 5) is 19.9. The average Bonchev–Trinajstić information content (AvgIpc) is 2.86. The van der Waals surface area contributed by atoms with E-state index in [-0.39, 0.29) is 5.91 Å². The number of likely N-dealkylation sites (tertiary alicyclic amines) is 1. The Hall–Kier alpha value is -1.36. The first-order valence-electron chi connectivity index (χ1n) is 8.47. The molecule has 0 unspecified atom stereocenters. The predicted octanol–water partition coefficient (Wildman–Crippen LogP) is 4.23. The third-order valence-corrected chi connectivity index (χ3v) is 5.14. The van der Waals surface area contributed by atoms with E-state index in [2.05, 4.69) is 35.8 Å². The van der Waals surface area contributed by atoms with E-state index in [4.69, 9.17) is 4.98 Å². The first-order chi connectivity index (χ1) is 11.0. The Kier molecular flexibility index (Phi) is 4.76. The Labute approximate surface area is 146 Å². The van der Waals surface area contributed by atoms with Crippen LogP contribution in [-0.4, -0.2) is 33.3 Å². The van der Waals surface area contributed by atoms with Gasteiger partial charge in [-0.25, -0.2) is 4.98 Å². The lowest BCUT2D eigenvalue weighted by atomic mass is 9.99. The molecule has 0 N–H and O–H groups in total. The molecule has 124 valence electrons. The van der Waals surface area contributed by atoms with Crippen molar-refractivity contribution in [2.75, 3.05) is 13.1 Å². The third kappa shape index (κ3) is 3.16. The standard InChI is InChI=1S/C18H24BrN3O/c1-4-5-15-16(18(23)21-8-6-12(2)7-9-21)22-11-14(19)10-13(3)17(22)20-15/h10-12H,4-9H2,1-3H3. The van der Waals surface area contributed by atoms with Crippen LogP contribution in [0.5, 0.6) is 0 Å². The van der Waals surface area contributed by atoms with Gasteiger partial charge in [0.25, 0.3) is 5.91 Å². The van der Waals surface area contributed by atoms with Crippen molar-refractivity contribution in [2.24, 2.45) is 5.92 Å². The van der Waals surface area contributed by atoms with Gasteiger partial charge in [0.05, 0.1) is 5.69 Å². The highest BCUT2D eigenvalue weighted by Gasteiger charge is 2.27. The van der Waals surface area contributed by atoms with Crippen LogP contribution in [0.1, 0.15) is 54.9 Å². The Bertz CT molecular complexity index is 729. The predicted molar refractivity (Wildman–Crippen MR) is 95.9 cm³/mol. The zero-order valence-electron chi connectivity index (χ0n) is 14.1. The molecule has 5 heteroatoms.